The number of anilines is 2. The first-order valence-electron chi connectivity index (χ1n) is 8.41. The molecule has 1 aliphatic rings. The van der Waals surface area contributed by atoms with Gasteiger partial charge in [-0.2, -0.15) is 10.2 Å². The van der Waals surface area contributed by atoms with Crippen molar-refractivity contribution in [1.29, 1.82) is 5.26 Å². The molecular formula is C18H25N5O2. The number of aromatic nitrogens is 2. The van der Waals surface area contributed by atoms with Crippen molar-refractivity contribution in [2.24, 2.45) is 5.41 Å². The third-order valence-electron chi connectivity index (χ3n) is 4.89. The molecule has 1 saturated carbocycles. The van der Waals surface area contributed by atoms with Crippen molar-refractivity contribution in [1.82, 2.24) is 9.97 Å². The highest BCUT2D eigenvalue weighted by atomic mass is 16.3. The van der Waals surface area contributed by atoms with Crippen LogP contribution in [-0.2, 0) is 6.42 Å². The second kappa shape index (κ2) is 6.73. The zero-order valence-corrected chi connectivity index (χ0v) is 14.7. The molecule has 0 bridgehead atoms. The third kappa shape index (κ3) is 3.59. The van der Waals surface area contributed by atoms with Crippen molar-refractivity contribution in [3.05, 3.63) is 35.4 Å². The molecule has 3 rings (SSSR count). The molecule has 0 aromatic carbocycles. The predicted molar refractivity (Wildman–Crippen MR) is 96.3 cm³/mol. The number of furan rings is 1. The first-order valence-corrected chi connectivity index (χ1v) is 8.41. The highest BCUT2D eigenvalue weighted by Gasteiger charge is 2.47. The predicted octanol–water partition coefficient (Wildman–Crippen LogP) is 2.72. The van der Waals surface area contributed by atoms with Crippen LogP contribution in [0.1, 0.15) is 38.8 Å². The molecule has 2 aromatic heterocycles. The van der Waals surface area contributed by atoms with E-state index in [1.165, 1.54) is 6.20 Å². The highest BCUT2D eigenvalue weighted by molar-refractivity contribution is 5.54. The lowest BCUT2D eigenvalue weighted by Gasteiger charge is -2.49. The third-order valence-corrected chi connectivity index (χ3v) is 4.89. The number of nitriles is 1. The number of nitrogens with one attached hydrogen (secondary N) is 2. The number of rotatable bonds is 6. The van der Waals surface area contributed by atoms with Crippen molar-refractivity contribution < 1.29 is 11.0 Å². The van der Waals surface area contributed by atoms with E-state index in [2.05, 4.69) is 26.7 Å². The molecule has 0 radical (unpaired) electrons. The van der Waals surface area contributed by atoms with Gasteiger partial charge in [-0.05, 0) is 25.5 Å². The second-order valence-corrected chi connectivity index (χ2v) is 7.03. The molecule has 7 heteroatoms. The Balaban J connectivity index is 0.00000243. The van der Waals surface area contributed by atoms with E-state index in [9.17, 15) is 10.4 Å². The van der Waals surface area contributed by atoms with Crippen LogP contribution >= 0.6 is 0 Å². The summed E-state index contributed by atoms with van der Waals surface area (Å²) in [7, 11) is 0. The zero-order chi connectivity index (χ0) is 18.0. The summed E-state index contributed by atoms with van der Waals surface area (Å²) >= 11 is 0. The summed E-state index contributed by atoms with van der Waals surface area (Å²) < 4.78 is 5.53. The smallest absolute Gasteiger partial charge is 0.224 e. The van der Waals surface area contributed by atoms with E-state index < -0.39 is 0 Å². The van der Waals surface area contributed by atoms with Crippen molar-refractivity contribution in [2.75, 3.05) is 17.2 Å². The summed E-state index contributed by atoms with van der Waals surface area (Å²) in [6.07, 6.45) is 2.54. The van der Waals surface area contributed by atoms with Gasteiger partial charge < -0.3 is 20.2 Å². The van der Waals surface area contributed by atoms with E-state index in [1.54, 1.807) is 0 Å². The van der Waals surface area contributed by atoms with Crippen LogP contribution < -0.4 is 10.6 Å². The molecule has 25 heavy (non-hydrogen) atoms. The summed E-state index contributed by atoms with van der Waals surface area (Å²) in [5.41, 5.74) is 0.145. The van der Waals surface area contributed by atoms with Crippen LogP contribution in [-0.4, -0.2) is 33.8 Å². The highest BCUT2D eigenvalue weighted by Crippen LogP contribution is 2.42. The summed E-state index contributed by atoms with van der Waals surface area (Å²) in [6.45, 7) is 6.54. The fraction of sp³-hybridized carbons (Fsp3) is 0.500. The number of aliphatic hydroxyl groups excluding tert-OH is 1. The lowest BCUT2D eigenvalue weighted by molar-refractivity contribution is -0.0511. The number of nitrogens with zero attached hydrogens (tertiary/aromatic N) is 3. The number of aliphatic hydroxyl groups is 1. The van der Waals surface area contributed by atoms with E-state index >= 15 is 0 Å². The molecule has 2 heterocycles. The second-order valence-electron chi connectivity index (χ2n) is 7.03. The van der Waals surface area contributed by atoms with Gasteiger partial charge in [-0.15, -0.1) is 0 Å². The molecule has 0 spiro atoms. The summed E-state index contributed by atoms with van der Waals surface area (Å²) in [4.78, 5) is 8.61. The van der Waals surface area contributed by atoms with E-state index in [4.69, 9.17) is 4.42 Å². The van der Waals surface area contributed by atoms with E-state index in [0.717, 1.165) is 17.9 Å². The van der Waals surface area contributed by atoms with Gasteiger partial charge in [0.05, 0.1) is 12.3 Å². The fourth-order valence-corrected chi connectivity index (χ4v) is 2.89. The Hall–Kier alpha value is -2.59. The Bertz CT molecular complexity index is 799. The molecule has 134 valence electrons. The van der Waals surface area contributed by atoms with Crippen LogP contribution in [0.2, 0.25) is 0 Å². The van der Waals surface area contributed by atoms with Crippen LogP contribution in [0.5, 0.6) is 0 Å². The first kappa shape index (κ1) is 17.2. The molecule has 0 saturated heterocycles. The quantitative estimate of drug-likeness (QED) is 0.740. The molecule has 0 unspecified atom stereocenters. The van der Waals surface area contributed by atoms with Gasteiger partial charge in [0.15, 0.2) is 0 Å². The van der Waals surface area contributed by atoms with Crippen molar-refractivity contribution in [2.45, 2.75) is 45.8 Å². The fourth-order valence-electron chi connectivity index (χ4n) is 2.89. The van der Waals surface area contributed by atoms with Gasteiger partial charge in [-0.1, -0.05) is 13.8 Å². The molecule has 1 fully saturated rings. The van der Waals surface area contributed by atoms with Gasteiger partial charge >= 0.3 is 0 Å². The number of aryl methyl sites for hydroxylation is 1. The molecule has 2 aromatic rings. The molecule has 0 amide bonds. The van der Waals surface area contributed by atoms with E-state index in [1.807, 2.05) is 32.9 Å². The maximum atomic E-state index is 9.87. The normalized spacial score (nSPS) is 21.2. The van der Waals surface area contributed by atoms with Gasteiger partial charge in [0, 0.05) is 25.8 Å². The molecule has 3 N–H and O–H groups in total. The minimum atomic E-state index is -0.341. The lowest BCUT2D eigenvalue weighted by Crippen LogP contribution is -2.57. The largest absolute Gasteiger partial charge is 0.466 e. The average Bonchev–Trinajstić information content (AvgIpc) is 3.00. The van der Waals surface area contributed by atoms with Crippen LogP contribution in [0.25, 0.3) is 0 Å². The summed E-state index contributed by atoms with van der Waals surface area (Å²) in [5.74, 6) is 2.75. The average molecular weight is 343 g/mol. The summed E-state index contributed by atoms with van der Waals surface area (Å²) in [5, 5.41) is 25.6. The molecule has 7 nitrogen and oxygen atoms in total. The standard InChI is InChI=1S/C18H23N5O2.H2/c1-11-4-5-13(25-11)6-7-20-17-21-10-12(9-19)16(23-17)22-14-8-15(24)18(14,2)3;/h4-5,10,14-15,24H,6-8H2,1-3H3,(H2,20,21,22,23);1H/t14-,15+;/m1./s1. The minimum absolute atomic E-state index is 0. The van der Waals surface area contributed by atoms with Gasteiger partial charge in [0.2, 0.25) is 5.95 Å². The van der Waals surface area contributed by atoms with Gasteiger partial charge in [-0.3, -0.25) is 0 Å². The molecular weight excluding hydrogens is 318 g/mol. The Labute approximate surface area is 148 Å². The van der Waals surface area contributed by atoms with Crippen LogP contribution in [0.15, 0.2) is 22.7 Å². The zero-order valence-electron chi connectivity index (χ0n) is 14.7. The Kier molecular flexibility index (Phi) is 4.64. The molecule has 2 atom stereocenters. The first-order chi connectivity index (χ1) is 11.9. The van der Waals surface area contributed by atoms with Gasteiger partial charge in [0.1, 0.15) is 29.0 Å². The maximum Gasteiger partial charge on any atom is 0.224 e. The topological polar surface area (TPSA) is 107 Å². The molecule has 0 aliphatic heterocycles. The molecule has 1 aliphatic carbocycles. The van der Waals surface area contributed by atoms with Crippen LogP contribution in [0.4, 0.5) is 11.8 Å². The Morgan fingerprint density at radius 3 is 2.88 bits per heavy atom. The van der Waals surface area contributed by atoms with Gasteiger partial charge in [-0.25, -0.2) is 4.98 Å². The maximum absolute atomic E-state index is 9.87. The monoisotopic (exact) mass is 343 g/mol. The van der Waals surface area contributed by atoms with Crippen LogP contribution in [0.3, 0.4) is 0 Å². The van der Waals surface area contributed by atoms with Crippen molar-refractivity contribution >= 4 is 11.8 Å². The lowest BCUT2D eigenvalue weighted by atomic mass is 9.64. The van der Waals surface area contributed by atoms with Crippen molar-refractivity contribution in [3.8, 4) is 6.07 Å². The van der Waals surface area contributed by atoms with Crippen LogP contribution in [0, 0.1) is 23.7 Å². The van der Waals surface area contributed by atoms with E-state index in [-0.39, 0.29) is 19.0 Å². The summed E-state index contributed by atoms with van der Waals surface area (Å²) in [6, 6.07) is 6.07. The number of hydrogen-bond donors (Lipinski definition) is 3. The number of hydrogen-bond acceptors (Lipinski definition) is 7. The van der Waals surface area contributed by atoms with Gasteiger partial charge in [0.25, 0.3) is 0 Å². The minimum Gasteiger partial charge on any atom is -0.466 e. The van der Waals surface area contributed by atoms with E-state index in [0.29, 0.717) is 30.3 Å². The Morgan fingerprint density at radius 2 is 2.28 bits per heavy atom. The van der Waals surface area contributed by atoms with Crippen molar-refractivity contribution in [3.63, 3.8) is 0 Å². The SMILES string of the molecule is Cc1ccc(CCNc2ncc(C#N)c(N[C@@H]3C[C@H](O)C3(C)C)n2)o1.[HH]. The Morgan fingerprint density at radius 1 is 1.48 bits per heavy atom.